The van der Waals surface area contributed by atoms with Crippen molar-refractivity contribution in [3.63, 3.8) is 0 Å². The van der Waals surface area contributed by atoms with Gasteiger partial charge in [-0.25, -0.2) is 0 Å². The largest absolute Gasteiger partial charge is 0.173 e. The van der Waals surface area contributed by atoms with Crippen LogP contribution >= 0.6 is 11.7 Å². The summed E-state index contributed by atoms with van der Waals surface area (Å²) in [5, 5.41) is 0. The molecule has 2 nitrogen and oxygen atoms in total. The minimum Gasteiger partial charge on any atom is -0.173 e. The predicted octanol–water partition coefficient (Wildman–Crippen LogP) is 8.49. The zero-order chi connectivity index (χ0) is 24.2. The zero-order valence-electron chi connectivity index (χ0n) is 20.9. The molecule has 5 aromatic rings. The first-order valence-corrected chi connectivity index (χ1v) is 12.5. The van der Waals surface area contributed by atoms with Crippen molar-refractivity contribution in [3.8, 4) is 11.1 Å². The lowest BCUT2D eigenvalue weighted by Gasteiger charge is -2.01. The van der Waals surface area contributed by atoms with E-state index in [-0.39, 0.29) is 0 Å². The SMILES string of the molecule is Cc1ccc(C)c2nsnc12.Cc1ccc(C)cc1.Cc1ccc2c(c1)Cc1cc(C)ccc1-2. The van der Waals surface area contributed by atoms with E-state index in [0.717, 1.165) is 17.5 Å². The summed E-state index contributed by atoms with van der Waals surface area (Å²) < 4.78 is 8.42. The van der Waals surface area contributed by atoms with E-state index in [2.05, 4.69) is 123 Å². The Morgan fingerprint density at radius 1 is 0.500 bits per heavy atom. The van der Waals surface area contributed by atoms with Crippen LogP contribution in [0.15, 0.2) is 72.8 Å². The molecule has 0 saturated carbocycles. The summed E-state index contributed by atoms with van der Waals surface area (Å²) >= 11 is 1.28. The number of rotatable bonds is 0. The van der Waals surface area contributed by atoms with Crippen molar-refractivity contribution < 1.29 is 0 Å². The zero-order valence-corrected chi connectivity index (χ0v) is 21.8. The molecule has 172 valence electrons. The van der Waals surface area contributed by atoms with Gasteiger partial charge in [-0.15, -0.1) is 0 Å². The van der Waals surface area contributed by atoms with E-state index in [1.54, 1.807) is 0 Å². The molecule has 0 N–H and O–H groups in total. The lowest BCUT2D eigenvalue weighted by Crippen LogP contribution is -1.81. The molecule has 3 heteroatoms. The van der Waals surface area contributed by atoms with E-state index < -0.39 is 0 Å². The quantitative estimate of drug-likeness (QED) is 0.225. The molecule has 0 unspecified atom stereocenters. The second kappa shape index (κ2) is 10.3. The van der Waals surface area contributed by atoms with Crippen LogP contribution in [0.2, 0.25) is 0 Å². The predicted molar refractivity (Wildman–Crippen MR) is 147 cm³/mol. The number of hydrogen-bond acceptors (Lipinski definition) is 3. The third-order valence-electron chi connectivity index (χ3n) is 6.23. The van der Waals surface area contributed by atoms with Crippen molar-refractivity contribution in [1.82, 2.24) is 8.75 Å². The first-order chi connectivity index (χ1) is 16.3. The second-order valence-electron chi connectivity index (χ2n) is 9.31. The van der Waals surface area contributed by atoms with Gasteiger partial charge in [0, 0.05) is 0 Å². The molecule has 1 aromatic heterocycles. The molecule has 0 bridgehead atoms. The van der Waals surface area contributed by atoms with Crippen LogP contribution in [0.1, 0.15) is 44.5 Å². The lowest BCUT2D eigenvalue weighted by molar-refractivity contribution is 1.24. The second-order valence-corrected chi connectivity index (χ2v) is 9.84. The van der Waals surface area contributed by atoms with Crippen LogP contribution in [0.3, 0.4) is 0 Å². The van der Waals surface area contributed by atoms with Gasteiger partial charge in [-0.3, -0.25) is 0 Å². The Hall–Kier alpha value is -3.30. The van der Waals surface area contributed by atoms with Gasteiger partial charge in [0.2, 0.25) is 0 Å². The number of aryl methyl sites for hydroxylation is 6. The fourth-order valence-corrected chi connectivity index (χ4v) is 4.88. The molecule has 1 heterocycles. The smallest absolute Gasteiger partial charge is 0.107 e. The van der Waals surface area contributed by atoms with Crippen LogP contribution in [-0.2, 0) is 6.42 Å². The van der Waals surface area contributed by atoms with Crippen LogP contribution in [0.25, 0.3) is 22.2 Å². The van der Waals surface area contributed by atoms with Crippen molar-refractivity contribution in [3.05, 3.63) is 117 Å². The standard InChI is InChI=1S/C15H14.C8H8N2S.C8H10/c1-10-3-5-14-12(7-10)9-13-8-11(2)4-6-15(13)14;1-5-3-4-6(2)8-7(5)9-11-10-8;1-7-3-5-8(2)6-4-7/h3-8H,9H2,1-2H3;3-4H,1-2H3;3-6H,1-2H3. The number of fused-ring (bicyclic) bond motifs is 4. The Morgan fingerprint density at radius 2 is 0.882 bits per heavy atom. The van der Waals surface area contributed by atoms with Crippen LogP contribution in [-0.4, -0.2) is 8.75 Å². The summed E-state index contributed by atoms with van der Waals surface area (Å²) in [6.45, 7) is 12.6. The average Bonchev–Trinajstić information content (AvgIpc) is 3.44. The van der Waals surface area contributed by atoms with Gasteiger partial charge in [0.05, 0.1) is 11.7 Å². The minimum atomic E-state index is 1.05. The molecule has 0 saturated heterocycles. The molecule has 34 heavy (non-hydrogen) atoms. The summed E-state index contributed by atoms with van der Waals surface area (Å²) in [6, 6.07) is 26.2. The minimum absolute atomic E-state index is 1.05. The summed E-state index contributed by atoms with van der Waals surface area (Å²) in [5.74, 6) is 0. The monoisotopic (exact) mass is 464 g/mol. The first-order valence-electron chi connectivity index (χ1n) is 11.7. The van der Waals surface area contributed by atoms with Crippen molar-refractivity contribution in [2.75, 3.05) is 0 Å². The van der Waals surface area contributed by atoms with Crippen molar-refractivity contribution in [2.24, 2.45) is 0 Å². The van der Waals surface area contributed by atoms with Gasteiger partial charge < -0.3 is 0 Å². The summed E-state index contributed by atoms with van der Waals surface area (Å²) in [6.07, 6.45) is 1.11. The van der Waals surface area contributed by atoms with Gasteiger partial charge in [0.1, 0.15) is 11.0 Å². The maximum absolute atomic E-state index is 4.21. The molecule has 0 aliphatic heterocycles. The molecular formula is C31H32N2S. The fraction of sp³-hybridized carbons (Fsp3) is 0.226. The van der Waals surface area contributed by atoms with E-state index in [9.17, 15) is 0 Å². The Bertz CT molecular complexity index is 1320. The van der Waals surface area contributed by atoms with Crippen molar-refractivity contribution >= 4 is 22.8 Å². The van der Waals surface area contributed by atoms with Crippen LogP contribution < -0.4 is 0 Å². The van der Waals surface area contributed by atoms with Gasteiger partial charge in [0.15, 0.2) is 0 Å². The Morgan fingerprint density at radius 3 is 1.29 bits per heavy atom. The highest BCUT2D eigenvalue weighted by Gasteiger charge is 2.17. The van der Waals surface area contributed by atoms with E-state index in [1.165, 1.54) is 67.4 Å². The van der Waals surface area contributed by atoms with Crippen molar-refractivity contribution in [1.29, 1.82) is 0 Å². The van der Waals surface area contributed by atoms with Crippen LogP contribution in [0.4, 0.5) is 0 Å². The number of nitrogens with zero attached hydrogens (tertiary/aromatic N) is 2. The summed E-state index contributed by atoms with van der Waals surface area (Å²) in [4.78, 5) is 0. The average molecular weight is 465 g/mol. The van der Waals surface area contributed by atoms with Crippen molar-refractivity contribution in [2.45, 2.75) is 48.0 Å². The van der Waals surface area contributed by atoms with Crippen LogP contribution in [0, 0.1) is 41.5 Å². The van der Waals surface area contributed by atoms with Gasteiger partial charge in [-0.05, 0) is 81.3 Å². The normalized spacial score (nSPS) is 11.1. The third kappa shape index (κ3) is 5.43. The van der Waals surface area contributed by atoms with Crippen LogP contribution in [0.5, 0.6) is 0 Å². The Labute approximate surface area is 207 Å². The molecule has 0 amide bonds. The molecule has 0 fully saturated rings. The van der Waals surface area contributed by atoms with Gasteiger partial charge in [-0.1, -0.05) is 95.1 Å². The highest BCUT2D eigenvalue weighted by atomic mass is 32.1. The molecule has 0 radical (unpaired) electrons. The molecule has 6 rings (SSSR count). The van der Waals surface area contributed by atoms with E-state index >= 15 is 0 Å². The van der Waals surface area contributed by atoms with E-state index in [0.29, 0.717) is 0 Å². The Kier molecular flexibility index (Phi) is 7.23. The highest BCUT2D eigenvalue weighted by Crippen LogP contribution is 2.37. The molecule has 0 atom stereocenters. The highest BCUT2D eigenvalue weighted by molar-refractivity contribution is 7.00. The van der Waals surface area contributed by atoms with Gasteiger partial charge in [0.25, 0.3) is 0 Å². The summed E-state index contributed by atoms with van der Waals surface area (Å²) in [7, 11) is 0. The van der Waals surface area contributed by atoms with E-state index in [1.807, 2.05) is 0 Å². The number of aromatic nitrogens is 2. The topological polar surface area (TPSA) is 25.8 Å². The first kappa shape index (κ1) is 23.8. The van der Waals surface area contributed by atoms with Gasteiger partial charge in [-0.2, -0.15) is 8.75 Å². The molecule has 1 aliphatic carbocycles. The lowest BCUT2D eigenvalue weighted by atomic mass is 10.0. The summed E-state index contributed by atoms with van der Waals surface area (Å²) in [5.41, 5.74) is 15.7. The van der Waals surface area contributed by atoms with Gasteiger partial charge >= 0.3 is 0 Å². The number of hydrogen-bond donors (Lipinski definition) is 0. The Balaban J connectivity index is 0.000000128. The number of benzene rings is 4. The maximum Gasteiger partial charge on any atom is 0.107 e. The maximum atomic E-state index is 4.21. The fourth-order valence-electron chi connectivity index (χ4n) is 4.22. The molecule has 1 aliphatic rings. The molecule has 0 spiro atoms. The molecule has 4 aromatic carbocycles. The molecular weight excluding hydrogens is 432 g/mol. The third-order valence-corrected chi connectivity index (χ3v) is 6.76. The van der Waals surface area contributed by atoms with E-state index in [4.69, 9.17) is 0 Å².